The molecule has 0 aliphatic rings. The van der Waals surface area contributed by atoms with Gasteiger partial charge in [-0.2, -0.15) is 0 Å². The number of aliphatic carboxylic acids is 1. The predicted octanol–water partition coefficient (Wildman–Crippen LogP) is 1.51. The van der Waals surface area contributed by atoms with Crippen LogP contribution in [0.4, 0.5) is 0 Å². The van der Waals surface area contributed by atoms with E-state index in [9.17, 15) is 14.7 Å². The van der Waals surface area contributed by atoms with E-state index in [0.717, 1.165) is 3.57 Å². The van der Waals surface area contributed by atoms with Gasteiger partial charge in [-0.3, -0.25) is 4.79 Å². The second kappa shape index (κ2) is 7.26. The van der Waals surface area contributed by atoms with E-state index in [1.807, 2.05) is 12.1 Å². The van der Waals surface area contributed by atoms with E-state index in [2.05, 4.69) is 22.6 Å². The van der Waals surface area contributed by atoms with Crippen LogP contribution in [-0.4, -0.2) is 11.9 Å². The van der Waals surface area contributed by atoms with Gasteiger partial charge in [-0.25, -0.2) is 0 Å². The average molecular weight is 347 g/mol. The minimum absolute atomic E-state index is 0.0171. The zero-order chi connectivity index (χ0) is 12.7. The molecule has 0 N–H and O–H groups in total. The van der Waals surface area contributed by atoms with Crippen LogP contribution in [0.2, 0.25) is 0 Å². The SMILES string of the molecule is O=C([O-])CCCCC(=O)Oc1ccc(I)cc1. The fraction of sp³-hybridized carbons (Fsp3) is 0.333. The summed E-state index contributed by atoms with van der Waals surface area (Å²) in [5.41, 5.74) is 0. The number of ether oxygens (including phenoxy) is 1. The minimum Gasteiger partial charge on any atom is -0.550 e. The molecule has 1 aromatic rings. The molecule has 1 rings (SSSR count). The third-order valence-electron chi connectivity index (χ3n) is 2.06. The molecule has 0 unspecified atom stereocenters. The molecule has 92 valence electrons. The number of carbonyl (C=O) groups is 2. The average Bonchev–Trinajstić information content (AvgIpc) is 2.27. The number of unbranched alkanes of at least 4 members (excludes halogenated alkanes) is 1. The first-order chi connectivity index (χ1) is 8.08. The fourth-order valence-corrected chi connectivity index (χ4v) is 1.58. The van der Waals surface area contributed by atoms with E-state index in [4.69, 9.17) is 4.74 Å². The van der Waals surface area contributed by atoms with Crippen LogP contribution in [-0.2, 0) is 9.59 Å². The molecule has 0 heterocycles. The number of halogens is 1. The van der Waals surface area contributed by atoms with Crippen molar-refractivity contribution in [1.29, 1.82) is 0 Å². The van der Waals surface area contributed by atoms with Gasteiger partial charge in [0.15, 0.2) is 0 Å². The van der Waals surface area contributed by atoms with Gasteiger partial charge in [-0.1, -0.05) is 0 Å². The molecule has 0 aliphatic heterocycles. The number of carboxylic acids is 1. The topological polar surface area (TPSA) is 66.4 Å². The van der Waals surface area contributed by atoms with E-state index >= 15 is 0 Å². The highest BCUT2D eigenvalue weighted by atomic mass is 127. The van der Waals surface area contributed by atoms with Gasteiger partial charge in [0, 0.05) is 16.0 Å². The van der Waals surface area contributed by atoms with Gasteiger partial charge in [-0.15, -0.1) is 0 Å². The first-order valence-corrected chi connectivity index (χ1v) is 6.32. The van der Waals surface area contributed by atoms with Crippen LogP contribution in [0.3, 0.4) is 0 Å². The number of carboxylic acid groups (broad SMARTS) is 1. The molecule has 0 saturated carbocycles. The monoisotopic (exact) mass is 347 g/mol. The summed E-state index contributed by atoms with van der Waals surface area (Å²) >= 11 is 2.16. The second-order valence-electron chi connectivity index (χ2n) is 3.51. The molecule has 0 amide bonds. The molecule has 4 nitrogen and oxygen atoms in total. The third kappa shape index (κ3) is 6.25. The van der Waals surface area contributed by atoms with Crippen LogP contribution >= 0.6 is 22.6 Å². The summed E-state index contributed by atoms with van der Waals surface area (Å²) in [6.45, 7) is 0. The Hall–Kier alpha value is -1.11. The molecule has 0 atom stereocenters. The molecular weight excluding hydrogens is 335 g/mol. The Kier molecular flexibility index (Phi) is 5.96. The highest BCUT2D eigenvalue weighted by Crippen LogP contribution is 2.14. The molecule has 17 heavy (non-hydrogen) atoms. The molecule has 5 heteroatoms. The van der Waals surface area contributed by atoms with Gasteiger partial charge >= 0.3 is 5.97 Å². The van der Waals surface area contributed by atoms with Crippen molar-refractivity contribution in [3.63, 3.8) is 0 Å². The van der Waals surface area contributed by atoms with E-state index in [0.29, 0.717) is 18.6 Å². The van der Waals surface area contributed by atoms with Crippen molar-refractivity contribution in [3.05, 3.63) is 27.8 Å². The van der Waals surface area contributed by atoms with Crippen molar-refractivity contribution >= 4 is 34.5 Å². The normalized spacial score (nSPS) is 9.94. The van der Waals surface area contributed by atoms with E-state index in [1.54, 1.807) is 12.1 Å². The molecule has 0 aliphatic carbocycles. The maximum Gasteiger partial charge on any atom is 0.311 e. The van der Waals surface area contributed by atoms with E-state index in [-0.39, 0.29) is 18.8 Å². The Bertz CT molecular complexity index is 386. The molecule has 0 bridgehead atoms. The molecule has 0 aromatic heterocycles. The zero-order valence-corrected chi connectivity index (χ0v) is 11.3. The standard InChI is InChI=1S/C12H13IO4/c13-9-5-7-10(8-6-9)17-12(16)4-2-1-3-11(14)15/h5-8H,1-4H2,(H,14,15)/p-1. The largest absolute Gasteiger partial charge is 0.550 e. The molecule has 0 spiro atoms. The van der Waals surface area contributed by atoms with Crippen molar-refractivity contribution in [3.8, 4) is 5.75 Å². The van der Waals surface area contributed by atoms with Crippen LogP contribution in [0.1, 0.15) is 25.7 Å². The summed E-state index contributed by atoms with van der Waals surface area (Å²) in [5, 5.41) is 10.1. The van der Waals surface area contributed by atoms with Gasteiger partial charge in [0.1, 0.15) is 5.75 Å². The maximum absolute atomic E-state index is 11.4. The van der Waals surface area contributed by atoms with Gasteiger partial charge in [0.2, 0.25) is 0 Å². The lowest BCUT2D eigenvalue weighted by Gasteiger charge is -2.04. The Morgan fingerprint density at radius 1 is 1.12 bits per heavy atom. The fourth-order valence-electron chi connectivity index (χ4n) is 1.22. The van der Waals surface area contributed by atoms with Gasteiger partial charge < -0.3 is 14.6 Å². The van der Waals surface area contributed by atoms with Crippen molar-refractivity contribution in [1.82, 2.24) is 0 Å². The summed E-state index contributed by atoms with van der Waals surface area (Å²) in [7, 11) is 0. The molecule has 0 fully saturated rings. The van der Waals surface area contributed by atoms with Crippen LogP contribution in [0, 0.1) is 3.57 Å². The lowest BCUT2D eigenvalue weighted by atomic mass is 10.2. The zero-order valence-electron chi connectivity index (χ0n) is 9.15. The molecule has 0 saturated heterocycles. The van der Waals surface area contributed by atoms with E-state index in [1.165, 1.54) is 0 Å². The summed E-state index contributed by atoms with van der Waals surface area (Å²) in [6.07, 6.45) is 1.14. The van der Waals surface area contributed by atoms with Crippen LogP contribution in [0.5, 0.6) is 5.75 Å². The Labute approximate surface area is 113 Å². The minimum atomic E-state index is -1.09. The first kappa shape index (κ1) is 14.0. The van der Waals surface area contributed by atoms with Crippen LogP contribution < -0.4 is 9.84 Å². The summed E-state index contributed by atoms with van der Waals surface area (Å²) in [4.78, 5) is 21.5. The number of benzene rings is 1. The maximum atomic E-state index is 11.4. The first-order valence-electron chi connectivity index (χ1n) is 5.24. The summed E-state index contributed by atoms with van der Waals surface area (Å²) in [6, 6.07) is 7.14. The van der Waals surface area contributed by atoms with Crippen molar-refractivity contribution in [2.45, 2.75) is 25.7 Å². The molecule has 0 radical (unpaired) electrons. The van der Waals surface area contributed by atoms with Crippen molar-refractivity contribution in [2.24, 2.45) is 0 Å². The summed E-state index contributed by atoms with van der Waals surface area (Å²) in [5.74, 6) is -0.920. The number of hydrogen-bond donors (Lipinski definition) is 0. The number of esters is 1. The van der Waals surface area contributed by atoms with Crippen molar-refractivity contribution < 1.29 is 19.4 Å². The molecular formula is C12H12IO4-. The molecule has 1 aromatic carbocycles. The Morgan fingerprint density at radius 3 is 2.29 bits per heavy atom. The number of carbonyl (C=O) groups excluding carboxylic acids is 2. The third-order valence-corrected chi connectivity index (χ3v) is 2.78. The highest BCUT2D eigenvalue weighted by molar-refractivity contribution is 14.1. The Balaban J connectivity index is 2.25. The van der Waals surface area contributed by atoms with Crippen LogP contribution in [0.15, 0.2) is 24.3 Å². The smallest absolute Gasteiger partial charge is 0.311 e. The van der Waals surface area contributed by atoms with Crippen LogP contribution in [0.25, 0.3) is 0 Å². The summed E-state index contributed by atoms with van der Waals surface area (Å²) < 4.78 is 6.14. The number of rotatable bonds is 6. The Morgan fingerprint density at radius 2 is 1.71 bits per heavy atom. The number of hydrogen-bond acceptors (Lipinski definition) is 4. The predicted molar refractivity (Wildman–Crippen MR) is 68.3 cm³/mol. The van der Waals surface area contributed by atoms with Gasteiger partial charge in [-0.05, 0) is 66.1 Å². The lowest BCUT2D eigenvalue weighted by molar-refractivity contribution is -0.305. The van der Waals surface area contributed by atoms with Crippen molar-refractivity contribution in [2.75, 3.05) is 0 Å². The quantitative estimate of drug-likeness (QED) is 0.339. The second-order valence-corrected chi connectivity index (χ2v) is 4.75. The van der Waals surface area contributed by atoms with E-state index < -0.39 is 5.97 Å². The lowest BCUT2D eigenvalue weighted by Crippen LogP contribution is -2.21. The van der Waals surface area contributed by atoms with Gasteiger partial charge in [0.05, 0.1) is 0 Å². The van der Waals surface area contributed by atoms with Gasteiger partial charge in [0.25, 0.3) is 0 Å². The highest BCUT2D eigenvalue weighted by Gasteiger charge is 2.04.